The lowest BCUT2D eigenvalue weighted by molar-refractivity contribution is -0.168. The van der Waals surface area contributed by atoms with E-state index in [-0.39, 0.29) is 26.4 Å². The summed E-state index contributed by atoms with van der Waals surface area (Å²) in [6, 6.07) is 14.7. The summed E-state index contributed by atoms with van der Waals surface area (Å²) in [4.78, 5) is 14.2. The SMILES string of the molecule is O=C(C1(O)CCCCC1c1ccc(OCCO)cc1)C1(O)CCCCC1c1ccc(OCCO)cc1. The Morgan fingerprint density at radius 2 is 1.08 bits per heavy atom. The first-order chi connectivity index (χ1) is 17.4. The molecule has 0 heterocycles. The maximum Gasteiger partial charge on any atom is 0.196 e. The molecule has 4 unspecified atom stereocenters. The first-order valence-corrected chi connectivity index (χ1v) is 13.1. The minimum absolute atomic E-state index is 0.0726. The number of rotatable bonds is 10. The fourth-order valence-electron chi connectivity index (χ4n) is 6.03. The van der Waals surface area contributed by atoms with Crippen LogP contribution in [0.5, 0.6) is 11.5 Å². The van der Waals surface area contributed by atoms with Crippen molar-refractivity contribution in [2.24, 2.45) is 0 Å². The molecule has 2 aromatic carbocycles. The van der Waals surface area contributed by atoms with Gasteiger partial charge in [0, 0.05) is 11.8 Å². The number of hydrogen-bond donors (Lipinski definition) is 4. The van der Waals surface area contributed by atoms with Crippen LogP contribution in [-0.4, -0.2) is 63.8 Å². The monoisotopic (exact) mass is 498 g/mol. The molecule has 36 heavy (non-hydrogen) atoms. The summed E-state index contributed by atoms with van der Waals surface area (Å²) in [6.45, 7) is 0.260. The van der Waals surface area contributed by atoms with E-state index in [2.05, 4.69) is 0 Å². The summed E-state index contributed by atoms with van der Waals surface area (Å²) in [5, 5.41) is 41.9. The van der Waals surface area contributed by atoms with Crippen LogP contribution in [0.2, 0.25) is 0 Å². The van der Waals surface area contributed by atoms with Crippen molar-refractivity contribution >= 4 is 5.78 Å². The Morgan fingerprint density at radius 1 is 0.694 bits per heavy atom. The van der Waals surface area contributed by atoms with Gasteiger partial charge in [-0.15, -0.1) is 0 Å². The number of benzene rings is 2. The van der Waals surface area contributed by atoms with Gasteiger partial charge in [0.2, 0.25) is 0 Å². The van der Waals surface area contributed by atoms with E-state index in [1.54, 1.807) is 24.3 Å². The molecule has 196 valence electrons. The molecule has 0 saturated heterocycles. The van der Waals surface area contributed by atoms with Gasteiger partial charge >= 0.3 is 0 Å². The number of carbonyl (C=O) groups excluding carboxylic acids is 1. The molecule has 2 aliphatic rings. The van der Waals surface area contributed by atoms with E-state index in [4.69, 9.17) is 19.7 Å². The van der Waals surface area contributed by atoms with E-state index in [1.165, 1.54) is 0 Å². The first kappa shape index (κ1) is 26.6. The first-order valence-electron chi connectivity index (χ1n) is 13.1. The van der Waals surface area contributed by atoms with Crippen LogP contribution in [0.3, 0.4) is 0 Å². The van der Waals surface area contributed by atoms with E-state index >= 15 is 0 Å². The van der Waals surface area contributed by atoms with Crippen LogP contribution >= 0.6 is 0 Å². The molecule has 0 bridgehead atoms. The largest absolute Gasteiger partial charge is 0.491 e. The molecule has 2 aromatic rings. The van der Waals surface area contributed by atoms with E-state index in [9.17, 15) is 15.0 Å². The van der Waals surface area contributed by atoms with E-state index in [1.807, 2.05) is 24.3 Å². The second-order valence-electron chi connectivity index (χ2n) is 10.1. The van der Waals surface area contributed by atoms with E-state index < -0.39 is 28.8 Å². The molecule has 0 aliphatic heterocycles. The number of aliphatic hydroxyl groups is 4. The molecule has 0 radical (unpaired) electrons. The van der Waals surface area contributed by atoms with Gasteiger partial charge in [0.25, 0.3) is 0 Å². The van der Waals surface area contributed by atoms with Crippen molar-refractivity contribution in [3.05, 3.63) is 59.7 Å². The molecule has 7 heteroatoms. The molecule has 0 aromatic heterocycles. The third-order valence-electron chi connectivity index (χ3n) is 7.83. The average Bonchev–Trinajstić information content (AvgIpc) is 2.91. The fourth-order valence-corrected chi connectivity index (χ4v) is 6.03. The summed E-state index contributed by atoms with van der Waals surface area (Å²) < 4.78 is 10.9. The normalized spacial score (nSPS) is 28.4. The van der Waals surface area contributed by atoms with Crippen LogP contribution in [0.15, 0.2) is 48.5 Å². The number of ketones is 1. The van der Waals surface area contributed by atoms with Crippen molar-refractivity contribution < 1.29 is 34.7 Å². The molecule has 7 nitrogen and oxygen atoms in total. The van der Waals surface area contributed by atoms with Crippen molar-refractivity contribution in [1.82, 2.24) is 0 Å². The van der Waals surface area contributed by atoms with Crippen molar-refractivity contribution in [1.29, 1.82) is 0 Å². The quantitative estimate of drug-likeness (QED) is 0.396. The van der Waals surface area contributed by atoms with Crippen LogP contribution in [-0.2, 0) is 4.79 Å². The zero-order valence-electron chi connectivity index (χ0n) is 20.8. The van der Waals surface area contributed by atoms with E-state index in [0.717, 1.165) is 36.8 Å². The van der Waals surface area contributed by atoms with Crippen LogP contribution in [0.25, 0.3) is 0 Å². The standard InChI is InChI=1S/C29H38O7/c30-17-19-35-23-11-7-21(8-12-23)25-5-1-3-15-28(25,33)27(32)29(34)16-4-2-6-26(29)22-9-13-24(14-10-22)36-20-18-31/h7-14,25-26,30-31,33-34H,1-6,15-20H2. The number of carbonyl (C=O) groups is 1. The van der Waals surface area contributed by atoms with Crippen LogP contribution in [0, 0.1) is 0 Å². The smallest absolute Gasteiger partial charge is 0.196 e. The predicted molar refractivity (Wildman–Crippen MR) is 135 cm³/mol. The second-order valence-corrected chi connectivity index (χ2v) is 10.1. The second kappa shape index (κ2) is 11.7. The van der Waals surface area contributed by atoms with Gasteiger partial charge in [0.05, 0.1) is 13.2 Å². The highest BCUT2D eigenvalue weighted by molar-refractivity contribution is 5.96. The maximum atomic E-state index is 14.2. The zero-order valence-corrected chi connectivity index (χ0v) is 20.8. The summed E-state index contributed by atoms with van der Waals surface area (Å²) in [5.41, 5.74) is -1.60. The summed E-state index contributed by atoms with van der Waals surface area (Å²) in [5.74, 6) is -0.0460. The molecule has 2 saturated carbocycles. The van der Waals surface area contributed by atoms with Crippen molar-refractivity contribution in [3.8, 4) is 11.5 Å². The molecule has 4 N–H and O–H groups in total. The van der Waals surface area contributed by atoms with Gasteiger partial charge in [0.1, 0.15) is 35.9 Å². The Morgan fingerprint density at radius 3 is 1.44 bits per heavy atom. The third kappa shape index (κ3) is 5.44. The highest BCUT2D eigenvalue weighted by Gasteiger charge is 2.57. The minimum Gasteiger partial charge on any atom is -0.491 e. The predicted octanol–water partition coefficient (Wildman–Crippen LogP) is 3.48. The fraction of sp³-hybridized carbons (Fsp3) is 0.552. The third-order valence-corrected chi connectivity index (χ3v) is 7.83. The lowest BCUT2D eigenvalue weighted by Crippen LogP contribution is -2.60. The van der Waals surface area contributed by atoms with Gasteiger partial charge in [0.15, 0.2) is 5.78 Å². The lowest BCUT2D eigenvalue weighted by atomic mass is 9.61. The van der Waals surface area contributed by atoms with Crippen LogP contribution in [0.4, 0.5) is 0 Å². The van der Waals surface area contributed by atoms with Gasteiger partial charge in [-0.1, -0.05) is 49.9 Å². The molecule has 4 atom stereocenters. The van der Waals surface area contributed by atoms with Crippen molar-refractivity contribution in [2.45, 2.75) is 74.4 Å². The summed E-state index contributed by atoms with van der Waals surface area (Å²) in [6.07, 6.45) is 5.24. The zero-order chi connectivity index (χ0) is 25.6. The average molecular weight is 499 g/mol. The highest BCUT2D eigenvalue weighted by Crippen LogP contribution is 2.49. The number of hydrogen-bond acceptors (Lipinski definition) is 7. The Balaban J connectivity index is 1.60. The molecular formula is C29H38O7. The van der Waals surface area contributed by atoms with Crippen molar-refractivity contribution in [2.75, 3.05) is 26.4 Å². The van der Waals surface area contributed by atoms with E-state index in [0.29, 0.717) is 37.2 Å². The molecule has 2 fully saturated rings. The Hall–Kier alpha value is -2.45. The topological polar surface area (TPSA) is 116 Å². The summed E-state index contributed by atoms with van der Waals surface area (Å²) in [7, 11) is 0. The highest BCUT2D eigenvalue weighted by atomic mass is 16.5. The van der Waals surface area contributed by atoms with Gasteiger partial charge in [-0.2, -0.15) is 0 Å². The molecule has 0 spiro atoms. The van der Waals surface area contributed by atoms with Crippen molar-refractivity contribution in [3.63, 3.8) is 0 Å². The Bertz CT molecular complexity index is 910. The minimum atomic E-state index is -1.65. The Labute approximate surface area is 212 Å². The van der Waals surface area contributed by atoms with Gasteiger partial charge in [-0.3, -0.25) is 4.79 Å². The molecule has 2 aliphatic carbocycles. The van der Waals surface area contributed by atoms with Gasteiger partial charge in [-0.25, -0.2) is 0 Å². The summed E-state index contributed by atoms with van der Waals surface area (Å²) >= 11 is 0. The number of Topliss-reactive ketones (excluding diaryl/α,β-unsaturated/α-hetero) is 1. The molecular weight excluding hydrogens is 460 g/mol. The Kier molecular flexibility index (Phi) is 8.67. The number of ether oxygens (including phenoxy) is 2. The molecule has 0 amide bonds. The lowest BCUT2D eigenvalue weighted by Gasteiger charge is -2.47. The van der Waals surface area contributed by atoms with Crippen LogP contribution < -0.4 is 9.47 Å². The van der Waals surface area contributed by atoms with Crippen LogP contribution in [0.1, 0.15) is 74.3 Å². The molecule has 4 rings (SSSR count). The number of aliphatic hydroxyl groups excluding tert-OH is 2. The van der Waals surface area contributed by atoms with Gasteiger partial charge in [-0.05, 0) is 61.1 Å². The maximum absolute atomic E-state index is 14.2. The van der Waals surface area contributed by atoms with Gasteiger partial charge < -0.3 is 29.9 Å².